The number of aromatic nitrogens is 2. The number of carbonyl (C=O) groups excluding carboxylic acids is 1. The van der Waals surface area contributed by atoms with E-state index in [1.165, 1.54) is 4.68 Å². The van der Waals surface area contributed by atoms with Gasteiger partial charge in [-0.3, -0.25) is 19.3 Å². The minimum atomic E-state index is -0.365. The average Bonchev–Trinajstić information content (AvgIpc) is 3.16. The lowest BCUT2D eigenvalue weighted by atomic mass is 10.0. The quantitative estimate of drug-likeness (QED) is 0.292. The summed E-state index contributed by atoms with van der Waals surface area (Å²) in [5.41, 5.74) is 5.68. The van der Waals surface area contributed by atoms with E-state index in [-0.39, 0.29) is 17.2 Å². The lowest BCUT2D eigenvalue weighted by molar-refractivity contribution is 0.102. The second-order valence-corrected chi connectivity index (χ2v) is 8.69. The lowest BCUT2D eigenvalue weighted by Gasteiger charge is -2.07. The zero-order valence-corrected chi connectivity index (χ0v) is 20.6. The van der Waals surface area contributed by atoms with Crippen molar-refractivity contribution in [3.05, 3.63) is 136 Å². The van der Waals surface area contributed by atoms with Crippen LogP contribution in [-0.2, 0) is 7.05 Å². The first-order valence-corrected chi connectivity index (χ1v) is 12.0. The summed E-state index contributed by atoms with van der Waals surface area (Å²) in [7, 11) is 1.79. The molecule has 0 spiro atoms. The van der Waals surface area contributed by atoms with E-state index in [9.17, 15) is 9.59 Å². The molecule has 6 heteroatoms. The van der Waals surface area contributed by atoms with Crippen molar-refractivity contribution in [2.24, 2.45) is 12.0 Å². The van der Waals surface area contributed by atoms with Crippen LogP contribution in [0, 0.1) is 6.92 Å². The highest BCUT2D eigenvalue weighted by Gasteiger charge is 2.18. The fourth-order valence-electron chi connectivity index (χ4n) is 4.17. The Morgan fingerprint density at radius 3 is 2.16 bits per heavy atom. The summed E-state index contributed by atoms with van der Waals surface area (Å²) in [5.74, 6) is -0.365. The molecule has 182 valence electrons. The highest BCUT2D eigenvalue weighted by molar-refractivity contribution is 6.05. The molecule has 1 aromatic heterocycles. The van der Waals surface area contributed by atoms with Crippen LogP contribution in [-0.4, -0.2) is 21.5 Å². The largest absolute Gasteiger partial charge is 0.316 e. The number of nitrogens with zero attached hydrogens (tertiary/aromatic N) is 3. The maximum absolute atomic E-state index is 13.1. The molecule has 0 aliphatic carbocycles. The van der Waals surface area contributed by atoms with Gasteiger partial charge in [0.15, 0.2) is 0 Å². The summed E-state index contributed by atoms with van der Waals surface area (Å²) in [6.07, 6.45) is 1.77. The van der Waals surface area contributed by atoms with Gasteiger partial charge < -0.3 is 5.32 Å². The third-order valence-electron chi connectivity index (χ3n) is 6.28. The zero-order chi connectivity index (χ0) is 25.8. The van der Waals surface area contributed by atoms with E-state index in [4.69, 9.17) is 0 Å². The van der Waals surface area contributed by atoms with Crippen molar-refractivity contribution in [1.82, 2.24) is 9.36 Å². The average molecular weight is 487 g/mol. The molecule has 0 saturated heterocycles. The number of hydrogen-bond acceptors (Lipinski definition) is 3. The van der Waals surface area contributed by atoms with Crippen molar-refractivity contribution in [3.8, 4) is 16.8 Å². The van der Waals surface area contributed by atoms with Crippen LogP contribution in [0.25, 0.3) is 16.8 Å². The van der Waals surface area contributed by atoms with E-state index in [0.29, 0.717) is 16.9 Å². The van der Waals surface area contributed by atoms with E-state index < -0.39 is 0 Å². The Morgan fingerprint density at radius 1 is 0.811 bits per heavy atom. The molecule has 1 amide bonds. The molecule has 0 aliphatic heterocycles. The molecule has 1 N–H and O–H groups in total. The van der Waals surface area contributed by atoms with Gasteiger partial charge in [-0.15, -0.1) is 0 Å². The maximum atomic E-state index is 13.1. The Labute approximate surface area is 215 Å². The van der Waals surface area contributed by atoms with Crippen LogP contribution in [0.4, 0.5) is 11.4 Å². The monoisotopic (exact) mass is 486 g/mol. The first kappa shape index (κ1) is 23.8. The molecule has 0 radical (unpaired) electrons. The zero-order valence-electron chi connectivity index (χ0n) is 20.6. The number of rotatable bonds is 6. The van der Waals surface area contributed by atoms with Gasteiger partial charge in [0.1, 0.15) is 5.69 Å². The van der Waals surface area contributed by atoms with Gasteiger partial charge in [0.2, 0.25) is 0 Å². The Bertz CT molecular complexity index is 1630. The minimum absolute atomic E-state index is 0.253. The number of para-hydroxylation sites is 1. The molecule has 0 atom stereocenters. The topological polar surface area (TPSA) is 68.4 Å². The molecule has 0 saturated carbocycles. The molecular weight excluding hydrogens is 460 g/mol. The summed E-state index contributed by atoms with van der Waals surface area (Å²) >= 11 is 0. The fraction of sp³-hybridized carbons (Fsp3) is 0.0645. The Balaban J connectivity index is 1.33. The van der Waals surface area contributed by atoms with Gasteiger partial charge in [0.25, 0.3) is 11.5 Å². The van der Waals surface area contributed by atoms with Crippen molar-refractivity contribution in [3.63, 3.8) is 0 Å². The van der Waals surface area contributed by atoms with E-state index in [1.54, 1.807) is 43.1 Å². The molecule has 0 fully saturated rings. The summed E-state index contributed by atoms with van der Waals surface area (Å²) in [6, 6.07) is 34.7. The second kappa shape index (κ2) is 10.3. The van der Waals surface area contributed by atoms with Crippen molar-refractivity contribution < 1.29 is 4.79 Å². The van der Waals surface area contributed by atoms with Gasteiger partial charge in [0, 0.05) is 18.8 Å². The van der Waals surface area contributed by atoms with E-state index >= 15 is 0 Å². The van der Waals surface area contributed by atoms with Gasteiger partial charge in [-0.25, -0.2) is 4.68 Å². The molecule has 0 bridgehead atoms. The normalized spacial score (nSPS) is 11.1. The van der Waals surface area contributed by atoms with Gasteiger partial charge in [-0.2, -0.15) is 0 Å². The van der Waals surface area contributed by atoms with Crippen LogP contribution in [0.15, 0.2) is 119 Å². The van der Waals surface area contributed by atoms with Crippen LogP contribution >= 0.6 is 0 Å². The first-order valence-electron chi connectivity index (χ1n) is 12.0. The van der Waals surface area contributed by atoms with Gasteiger partial charge >= 0.3 is 0 Å². The molecule has 5 rings (SSSR count). The molecular formula is C31H26N4O2. The van der Waals surface area contributed by atoms with Crippen molar-refractivity contribution in [2.45, 2.75) is 6.92 Å². The highest BCUT2D eigenvalue weighted by Crippen LogP contribution is 2.20. The molecule has 6 nitrogen and oxygen atoms in total. The third-order valence-corrected chi connectivity index (χ3v) is 6.28. The standard InChI is InChI=1S/C31H26N4O2/c1-22-29(31(37)35(34(22)2)28-14-7-4-8-15-28)33-30(36)26-12-9-13-27(20-26)32-21-23-16-18-25(19-17-23)24-10-5-3-6-11-24/h3-21H,1-2H3,(H,33,36). The second-order valence-electron chi connectivity index (χ2n) is 8.69. The molecule has 1 heterocycles. The number of aliphatic imine (C=N–C) groups is 1. The Morgan fingerprint density at radius 2 is 1.46 bits per heavy atom. The maximum Gasteiger partial charge on any atom is 0.295 e. The highest BCUT2D eigenvalue weighted by atomic mass is 16.2. The van der Waals surface area contributed by atoms with Crippen LogP contribution < -0.4 is 10.9 Å². The number of benzene rings is 4. The number of nitrogens with one attached hydrogen (secondary N) is 1. The van der Waals surface area contributed by atoms with Gasteiger partial charge in [0.05, 0.1) is 17.1 Å². The van der Waals surface area contributed by atoms with Crippen LogP contribution in [0.2, 0.25) is 0 Å². The SMILES string of the molecule is Cc1c(NC(=O)c2cccc(N=Cc3ccc(-c4ccccc4)cc3)c2)c(=O)n(-c2ccccc2)n1C. The van der Waals surface area contributed by atoms with Crippen molar-refractivity contribution >= 4 is 23.5 Å². The molecule has 0 unspecified atom stereocenters. The smallest absolute Gasteiger partial charge is 0.295 e. The van der Waals surface area contributed by atoms with Crippen molar-refractivity contribution in [2.75, 3.05) is 5.32 Å². The minimum Gasteiger partial charge on any atom is -0.316 e. The summed E-state index contributed by atoms with van der Waals surface area (Å²) in [4.78, 5) is 30.7. The predicted molar refractivity (Wildman–Crippen MR) is 149 cm³/mol. The van der Waals surface area contributed by atoms with Gasteiger partial charge in [-0.1, -0.05) is 78.9 Å². The Hall–Kier alpha value is -4.97. The van der Waals surface area contributed by atoms with Crippen LogP contribution in [0.1, 0.15) is 21.6 Å². The summed E-state index contributed by atoms with van der Waals surface area (Å²) < 4.78 is 3.27. The summed E-state index contributed by atoms with van der Waals surface area (Å²) in [6.45, 7) is 1.81. The molecule has 5 aromatic rings. The lowest BCUT2D eigenvalue weighted by Crippen LogP contribution is -2.22. The van der Waals surface area contributed by atoms with Gasteiger partial charge in [-0.05, 0) is 53.9 Å². The van der Waals surface area contributed by atoms with E-state index in [1.807, 2.05) is 66.7 Å². The number of carbonyl (C=O) groups is 1. The third kappa shape index (κ3) is 5.04. The number of amides is 1. The Kier molecular flexibility index (Phi) is 6.64. The molecule has 4 aromatic carbocycles. The van der Waals surface area contributed by atoms with Crippen LogP contribution in [0.5, 0.6) is 0 Å². The number of anilines is 1. The fourth-order valence-corrected chi connectivity index (χ4v) is 4.17. The van der Waals surface area contributed by atoms with Crippen LogP contribution in [0.3, 0.4) is 0 Å². The molecule has 0 aliphatic rings. The van der Waals surface area contributed by atoms with Crippen molar-refractivity contribution in [1.29, 1.82) is 0 Å². The predicted octanol–water partition coefficient (Wildman–Crippen LogP) is 6.15. The van der Waals surface area contributed by atoms with E-state index in [2.05, 4.69) is 34.6 Å². The molecule has 37 heavy (non-hydrogen) atoms. The summed E-state index contributed by atoms with van der Waals surface area (Å²) in [5, 5.41) is 2.80. The van der Waals surface area contributed by atoms with E-state index in [0.717, 1.165) is 22.4 Å². The number of hydrogen-bond donors (Lipinski definition) is 1. The first-order chi connectivity index (χ1) is 18.0.